The van der Waals surface area contributed by atoms with Crippen LogP contribution in [0.25, 0.3) is 0 Å². The highest BCUT2D eigenvalue weighted by Crippen LogP contribution is 2.31. The minimum Gasteiger partial charge on any atom is -0.508 e. The molecule has 1 fully saturated rings. The van der Waals surface area contributed by atoms with Crippen LogP contribution in [0.4, 0.5) is 0 Å². The zero-order valence-electron chi connectivity index (χ0n) is 7.26. The average molecular weight is 198 g/mol. The van der Waals surface area contributed by atoms with Crippen LogP contribution in [0.3, 0.4) is 0 Å². The van der Waals surface area contributed by atoms with E-state index < -0.39 is 0 Å². The lowest BCUT2D eigenvalue weighted by atomic mass is 9.98. The smallest absolute Gasteiger partial charge is 0.117 e. The third kappa shape index (κ3) is 1.79. The Bertz CT molecular complexity index is 308. The second-order valence-corrected chi connectivity index (χ2v) is 3.80. The maximum absolute atomic E-state index is 9.18. The summed E-state index contributed by atoms with van der Waals surface area (Å²) in [7, 11) is 0. The van der Waals surface area contributed by atoms with Gasteiger partial charge < -0.3 is 10.4 Å². The first-order valence-electron chi connectivity index (χ1n) is 4.46. The molecule has 1 aliphatic rings. The largest absolute Gasteiger partial charge is 0.508 e. The Morgan fingerprint density at radius 1 is 1.46 bits per heavy atom. The van der Waals surface area contributed by atoms with Gasteiger partial charge in [0.15, 0.2) is 0 Å². The molecule has 0 spiro atoms. The first-order chi connectivity index (χ1) is 6.27. The summed E-state index contributed by atoms with van der Waals surface area (Å²) in [5, 5.41) is 13.1. The van der Waals surface area contributed by atoms with Crippen molar-refractivity contribution in [2.75, 3.05) is 13.1 Å². The van der Waals surface area contributed by atoms with Gasteiger partial charge in [-0.1, -0.05) is 17.7 Å². The van der Waals surface area contributed by atoms with Crippen LogP contribution >= 0.6 is 11.6 Å². The fourth-order valence-corrected chi connectivity index (χ4v) is 2.10. The third-order valence-corrected chi connectivity index (χ3v) is 2.81. The first-order valence-corrected chi connectivity index (χ1v) is 4.84. The molecule has 1 atom stereocenters. The minimum absolute atomic E-state index is 0.236. The molecule has 2 N–H and O–H groups in total. The van der Waals surface area contributed by atoms with E-state index in [2.05, 4.69) is 5.32 Å². The highest BCUT2D eigenvalue weighted by atomic mass is 35.5. The zero-order chi connectivity index (χ0) is 9.26. The molecule has 1 saturated heterocycles. The van der Waals surface area contributed by atoms with Gasteiger partial charge in [-0.05, 0) is 36.6 Å². The molecule has 70 valence electrons. The molecule has 0 aromatic heterocycles. The van der Waals surface area contributed by atoms with Crippen molar-refractivity contribution in [1.29, 1.82) is 0 Å². The predicted molar refractivity (Wildman–Crippen MR) is 53.3 cm³/mol. The molecule has 3 heteroatoms. The fourth-order valence-electron chi connectivity index (χ4n) is 1.77. The SMILES string of the molecule is Oc1ccc(C2CCNC2)c(Cl)c1. The van der Waals surface area contributed by atoms with Gasteiger partial charge in [0.25, 0.3) is 0 Å². The van der Waals surface area contributed by atoms with Gasteiger partial charge in [-0.2, -0.15) is 0 Å². The highest BCUT2D eigenvalue weighted by Gasteiger charge is 2.18. The molecule has 1 aromatic rings. The molecule has 1 heterocycles. The molecule has 0 aliphatic carbocycles. The van der Waals surface area contributed by atoms with Crippen LogP contribution in [0, 0.1) is 0 Å². The number of hydrogen-bond acceptors (Lipinski definition) is 2. The van der Waals surface area contributed by atoms with Crippen LogP contribution in [-0.2, 0) is 0 Å². The summed E-state index contributed by atoms with van der Waals surface area (Å²) in [6.07, 6.45) is 1.13. The summed E-state index contributed by atoms with van der Waals surface area (Å²) in [5.74, 6) is 0.743. The molecule has 2 nitrogen and oxygen atoms in total. The van der Waals surface area contributed by atoms with Crippen LogP contribution in [0.5, 0.6) is 5.75 Å². The van der Waals surface area contributed by atoms with Gasteiger partial charge in [0, 0.05) is 11.6 Å². The van der Waals surface area contributed by atoms with Crippen molar-refractivity contribution in [3.8, 4) is 5.75 Å². The van der Waals surface area contributed by atoms with Gasteiger partial charge in [-0.25, -0.2) is 0 Å². The molecule has 1 aliphatic heterocycles. The van der Waals surface area contributed by atoms with Gasteiger partial charge >= 0.3 is 0 Å². The van der Waals surface area contributed by atoms with E-state index >= 15 is 0 Å². The van der Waals surface area contributed by atoms with Gasteiger partial charge in [0.1, 0.15) is 5.75 Å². The Balaban J connectivity index is 2.29. The number of phenols is 1. The highest BCUT2D eigenvalue weighted by molar-refractivity contribution is 6.31. The van der Waals surface area contributed by atoms with E-state index in [1.165, 1.54) is 0 Å². The lowest BCUT2D eigenvalue weighted by Crippen LogP contribution is -2.08. The predicted octanol–water partition coefficient (Wildman–Crippen LogP) is 2.12. The van der Waals surface area contributed by atoms with Crippen molar-refractivity contribution in [3.63, 3.8) is 0 Å². The lowest BCUT2D eigenvalue weighted by molar-refractivity contribution is 0.475. The minimum atomic E-state index is 0.236. The van der Waals surface area contributed by atoms with Gasteiger partial charge in [-0.15, -0.1) is 0 Å². The number of aromatic hydroxyl groups is 1. The van der Waals surface area contributed by atoms with Crippen LogP contribution in [0.2, 0.25) is 5.02 Å². The lowest BCUT2D eigenvalue weighted by Gasteiger charge is -2.10. The average Bonchev–Trinajstić information content (AvgIpc) is 2.56. The number of nitrogens with one attached hydrogen (secondary N) is 1. The summed E-state index contributed by atoms with van der Waals surface area (Å²) in [5.41, 5.74) is 1.14. The van der Waals surface area contributed by atoms with E-state index in [0.717, 1.165) is 25.1 Å². The fraction of sp³-hybridized carbons (Fsp3) is 0.400. The van der Waals surface area contributed by atoms with E-state index in [0.29, 0.717) is 10.9 Å². The second-order valence-electron chi connectivity index (χ2n) is 3.40. The number of hydrogen-bond donors (Lipinski definition) is 2. The molecular weight excluding hydrogens is 186 g/mol. The van der Waals surface area contributed by atoms with Crippen molar-refractivity contribution in [3.05, 3.63) is 28.8 Å². The molecule has 0 radical (unpaired) electrons. The molecule has 0 amide bonds. The normalized spacial score (nSPS) is 22.1. The molecule has 2 rings (SSSR count). The molecule has 0 bridgehead atoms. The van der Waals surface area contributed by atoms with Crippen molar-refractivity contribution < 1.29 is 5.11 Å². The first kappa shape index (κ1) is 8.85. The summed E-state index contributed by atoms with van der Waals surface area (Å²) in [6.45, 7) is 2.05. The Morgan fingerprint density at radius 2 is 2.31 bits per heavy atom. The maximum atomic E-state index is 9.18. The van der Waals surface area contributed by atoms with Gasteiger partial charge in [0.2, 0.25) is 0 Å². The van der Waals surface area contributed by atoms with E-state index in [1.54, 1.807) is 12.1 Å². The van der Waals surface area contributed by atoms with E-state index in [-0.39, 0.29) is 5.75 Å². The van der Waals surface area contributed by atoms with E-state index in [4.69, 9.17) is 11.6 Å². The van der Waals surface area contributed by atoms with E-state index in [1.807, 2.05) is 6.07 Å². The maximum Gasteiger partial charge on any atom is 0.117 e. The van der Waals surface area contributed by atoms with Crippen LogP contribution in [0.15, 0.2) is 18.2 Å². The molecular formula is C10H12ClNO. The molecule has 0 saturated carbocycles. The summed E-state index contributed by atoms with van der Waals surface area (Å²) < 4.78 is 0. The van der Waals surface area contributed by atoms with Gasteiger partial charge in [-0.3, -0.25) is 0 Å². The molecule has 13 heavy (non-hydrogen) atoms. The van der Waals surface area contributed by atoms with Crippen molar-refractivity contribution in [2.45, 2.75) is 12.3 Å². The quantitative estimate of drug-likeness (QED) is 0.723. The van der Waals surface area contributed by atoms with Crippen molar-refractivity contribution in [2.24, 2.45) is 0 Å². The number of phenolic OH excluding ortho intramolecular Hbond substituents is 1. The summed E-state index contributed by atoms with van der Waals surface area (Å²) in [6, 6.07) is 5.21. The number of halogens is 1. The van der Waals surface area contributed by atoms with Crippen molar-refractivity contribution >= 4 is 11.6 Å². The standard InChI is InChI=1S/C10H12ClNO/c11-10-5-8(13)1-2-9(10)7-3-4-12-6-7/h1-2,5,7,12-13H,3-4,6H2. The number of benzene rings is 1. The van der Waals surface area contributed by atoms with Crippen LogP contribution in [-0.4, -0.2) is 18.2 Å². The zero-order valence-corrected chi connectivity index (χ0v) is 8.01. The van der Waals surface area contributed by atoms with Crippen LogP contribution < -0.4 is 5.32 Å². The Morgan fingerprint density at radius 3 is 2.92 bits per heavy atom. The summed E-state index contributed by atoms with van der Waals surface area (Å²) >= 11 is 6.02. The van der Waals surface area contributed by atoms with Crippen molar-refractivity contribution in [1.82, 2.24) is 5.32 Å². The third-order valence-electron chi connectivity index (χ3n) is 2.48. The van der Waals surface area contributed by atoms with E-state index in [9.17, 15) is 5.11 Å². The monoisotopic (exact) mass is 197 g/mol. The Labute approximate surface area is 82.5 Å². The van der Waals surface area contributed by atoms with Crippen LogP contribution in [0.1, 0.15) is 17.9 Å². The molecule has 1 aromatic carbocycles. The Kier molecular flexibility index (Phi) is 2.42. The van der Waals surface area contributed by atoms with Gasteiger partial charge in [0.05, 0.1) is 0 Å². The topological polar surface area (TPSA) is 32.3 Å². The number of rotatable bonds is 1. The molecule has 1 unspecified atom stereocenters. The second kappa shape index (κ2) is 3.56. The summed E-state index contributed by atoms with van der Waals surface area (Å²) in [4.78, 5) is 0. The Hall–Kier alpha value is -0.730.